The molecule has 1 spiro atoms. The van der Waals surface area contributed by atoms with E-state index in [1.54, 1.807) is 12.0 Å². The van der Waals surface area contributed by atoms with Gasteiger partial charge in [0.25, 0.3) is 5.91 Å². The first-order valence-corrected chi connectivity index (χ1v) is 8.76. The fourth-order valence-corrected chi connectivity index (χ4v) is 3.15. The van der Waals surface area contributed by atoms with Gasteiger partial charge >= 0.3 is 6.09 Å². The van der Waals surface area contributed by atoms with Gasteiger partial charge in [0.15, 0.2) is 0 Å². The van der Waals surface area contributed by atoms with Crippen molar-refractivity contribution in [2.45, 2.75) is 44.8 Å². The molecule has 0 atom stereocenters. The molecule has 26 heavy (non-hydrogen) atoms. The molecule has 7 nitrogen and oxygen atoms in total. The highest BCUT2D eigenvalue weighted by atomic mass is 16.6. The van der Waals surface area contributed by atoms with Gasteiger partial charge in [-0.3, -0.25) is 9.79 Å². The minimum atomic E-state index is -0.809. The summed E-state index contributed by atoms with van der Waals surface area (Å²) in [7, 11) is 1.60. The van der Waals surface area contributed by atoms with Gasteiger partial charge < -0.3 is 19.7 Å². The van der Waals surface area contributed by atoms with Gasteiger partial charge in [0.05, 0.1) is 7.11 Å². The number of amidine groups is 1. The Morgan fingerprint density at radius 1 is 1.27 bits per heavy atom. The van der Waals surface area contributed by atoms with Crippen molar-refractivity contribution in [3.05, 3.63) is 29.8 Å². The van der Waals surface area contributed by atoms with Crippen LogP contribution in [0.4, 0.5) is 4.79 Å². The fourth-order valence-electron chi connectivity index (χ4n) is 3.15. The molecule has 0 bridgehead atoms. The van der Waals surface area contributed by atoms with Crippen LogP contribution in [0.5, 0.6) is 5.75 Å². The van der Waals surface area contributed by atoms with Crippen LogP contribution in [0, 0.1) is 0 Å². The molecule has 2 amide bonds. The highest BCUT2D eigenvalue weighted by Gasteiger charge is 2.47. The molecule has 7 heteroatoms. The average Bonchev–Trinajstić information content (AvgIpc) is 2.90. The van der Waals surface area contributed by atoms with Crippen LogP contribution in [0.25, 0.3) is 0 Å². The molecule has 0 aliphatic carbocycles. The SMILES string of the molecule is COc1cccc(C2=NC3(CCN(C(=O)OC(C)(C)C)CC3)C(=O)N2)c1. The zero-order valence-electron chi connectivity index (χ0n) is 15.7. The lowest BCUT2D eigenvalue weighted by molar-refractivity contribution is -0.125. The van der Waals surface area contributed by atoms with Gasteiger partial charge in [-0.2, -0.15) is 0 Å². The standard InChI is InChI=1S/C19H25N3O4/c1-18(2,3)26-17(24)22-10-8-19(9-11-22)16(23)20-15(21-19)13-6-5-7-14(12-13)25-4/h5-7,12H,8-11H2,1-4H3,(H,20,21,23). The number of rotatable bonds is 2. The molecule has 1 aromatic rings. The number of hydrogen-bond acceptors (Lipinski definition) is 5. The molecular weight excluding hydrogens is 334 g/mol. The topological polar surface area (TPSA) is 80.2 Å². The van der Waals surface area contributed by atoms with E-state index in [9.17, 15) is 9.59 Å². The highest BCUT2D eigenvalue weighted by molar-refractivity contribution is 6.15. The van der Waals surface area contributed by atoms with Crippen molar-refractivity contribution in [3.63, 3.8) is 0 Å². The second kappa shape index (κ2) is 6.63. The molecule has 0 radical (unpaired) electrons. The van der Waals surface area contributed by atoms with Crippen molar-refractivity contribution >= 4 is 17.8 Å². The number of carbonyl (C=O) groups excluding carboxylic acids is 2. The van der Waals surface area contributed by atoms with Gasteiger partial charge in [0.2, 0.25) is 0 Å². The Labute approximate surface area is 153 Å². The monoisotopic (exact) mass is 359 g/mol. The van der Waals surface area contributed by atoms with E-state index in [-0.39, 0.29) is 12.0 Å². The van der Waals surface area contributed by atoms with Crippen LogP contribution >= 0.6 is 0 Å². The lowest BCUT2D eigenvalue weighted by atomic mass is 9.88. The predicted octanol–water partition coefficient (Wildman–Crippen LogP) is 2.34. The summed E-state index contributed by atoms with van der Waals surface area (Å²) in [6, 6.07) is 7.43. The van der Waals surface area contributed by atoms with Crippen LogP contribution in [0.2, 0.25) is 0 Å². The van der Waals surface area contributed by atoms with Gasteiger partial charge in [-0.15, -0.1) is 0 Å². The molecule has 1 N–H and O–H groups in total. The van der Waals surface area contributed by atoms with Crippen LogP contribution in [0.15, 0.2) is 29.3 Å². The van der Waals surface area contributed by atoms with Gasteiger partial charge in [-0.05, 0) is 45.7 Å². The Morgan fingerprint density at radius 3 is 2.58 bits per heavy atom. The van der Waals surface area contributed by atoms with E-state index < -0.39 is 11.1 Å². The summed E-state index contributed by atoms with van der Waals surface area (Å²) >= 11 is 0. The Balaban J connectivity index is 1.72. The lowest BCUT2D eigenvalue weighted by Gasteiger charge is -2.36. The van der Waals surface area contributed by atoms with E-state index in [0.29, 0.717) is 37.5 Å². The Morgan fingerprint density at radius 2 is 1.96 bits per heavy atom. The van der Waals surface area contributed by atoms with E-state index >= 15 is 0 Å². The van der Waals surface area contributed by atoms with E-state index in [0.717, 1.165) is 5.56 Å². The predicted molar refractivity (Wildman–Crippen MR) is 97.4 cm³/mol. The molecule has 2 aliphatic heterocycles. The number of likely N-dealkylation sites (tertiary alicyclic amines) is 1. The van der Waals surface area contributed by atoms with Crippen molar-refractivity contribution in [2.75, 3.05) is 20.2 Å². The smallest absolute Gasteiger partial charge is 0.410 e. The maximum Gasteiger partial charge on any atom is 0.410 e. The van der Waals surface area contributed by atoms with Crippen molar-refractivity contribution in [3.8, 4) is 5.75 Å². The summed E-state index contributed by atoms with van der Waals surface area (Å²) in [6.07, 6.45) is 0.611. The summed E-state index contributed by atoms with van der Waals surface area (Å²) in [4.78, 5) is 31.1. The maximum atomic E-state index is 12.6. The van der Waals surface area contributed by atoms with Gasteiger partial charge in [0.1, 0.15) is 22.7 Å². The molecule has 0 saturated carbocycles. The highest BCUT2D eigenvalue weighted by Crippen LogP contribution is 2.32. The third-order valence-corrected chi connectivity index (χ3v) is 4.57. The second-order valence-corrected chi connectivity index (χ2v) is 7.65. The number of hydrogen-bond donors (Lipinski definition) is 1. The molecular formula is C19H25N3O4. The van der Waals surface area contributed by atoms with Crippen LogP contribution in [-0.4, -0.2) is 54.1 Å². The quantitative estimate of drug-likeness (QED) is 0.879. The molecule has 1 aromatic carbocycles. The van der Waals surface area contributed by atoms with Gasteiger partial charge in [0, 0.05) is 18.7 Å². The summed E-state index contributed by atoms with van der Waals surface area (Å²) in [6.45, 7) is 6.40. The second-order valence-electron chi connectivity index (χ2n) is 7.65. The van der Waals surface area contributed by atoms with Crippen molar-refractivity contribution in [2.24, 2.45) is 4.99 Å². The zero-order chi connectivity index (χ0) is 18.9. The molecule has 140 valence electrons. The molecule has 2 aliphatic rings. The van der Waals surface area contributed by atoms with Crippen LogP contribution < -0.4 is 10.1 Å². The first-order chi connectivity index (χ1) is 12.2. The Kier molecular flexibility index (Phi) is 4.64. The lowest BCUT2D eigenvalue weighted by Crippen LogP contribution is -2.51. The zero-order valence-corrected chi connectivity index (χ0v) is 15.7. The number of nitrogens with one attached hydrogen (secondary N) is 1. The number of benzene rings is 1. The van der Waals surface area contributed by atoms with Crippen molar-refractivity contribution in [1.29, 1.82) is 0 Å². The molecule has 0 unspecified atom stereocenters. The van der Waals surface area contributed by atoms with Gasteiger partial charge in [-0.1, -0.05) is 12.1 Å². The fraction of sp³-hybridized carbons (Fsp3) is 0.526. The Hall–Kier alpha value is -2.57. The minimum Gasteiger partial charge on any atom is -0.497 e. The van der Waals surface area contributed by atoms with Crippen LogP contribution in [0.1, 0.15) is 39.2 Å². The molecule has 1 saturated heterocycles. The first kappa shape index (κ1) is 18.2. The molecule has 1 fully saturated rings. The number of methoxy groups -OCH3 is 1. The maximum absolute atomic E-state index is 12.6. The number of aliphatic imine (C=N–C) groups is 1. The number of ether oxygens (including phenoxy) is 2. The summed E-state index contributed by atoms with van der Waals surface area (Å²) in [5.41, 5.74) is -0.532. The van der Waals surface area contributed by atoms with E-state index in [2.05, 4.69) is 5.32 Å². The van der Waals surface area contributed by atoms with E-state index in [4.69, 9.17) is 14.5 Å². The van der Waals surface area contributed by atoms with Crippen LogP contribution in [0.3, 0.4) is 0 Å². The minimum absolute atomic E-state index is 0.112. The molecule has 2 heterocycles. The first-order valence-electron chi connectivity index (χ1n) is 8.76. The molecule has 3 rings (SSSR count). The average molecular weight is 359 g/mol. The third kappa shape index (κ3) is 3.66. The third-order valence-electron chi connectivity index (χ3n) is 4.57. The normalized spacial score (nSPS) is 19.2. The van der Waals surface area contributed by atoms with Gasteiger partial charge in [-0.25, -0.2) is 4.79 Å². The summed E-state index contributed by atoms with van der Waals surface area (Å²) in [5.74, 6) is 1.15. The van der Waals surface area contributed by atoms with E-state index in [1.807, 2.05) is 45.0 Å². The summed E-state index contributed by atoms with van der Waals surface area (Å²) < 4.78 is 10.6. The molecule has 0 aromatic heterocycles. The van der Waals surface area contributed by atoms with Crippen molar-refractivity contribution in [1.82, 2.24) is 10.2 Å². The summed E-state index contributed by atoms with van der Waals surface area (Å²) in [5, 5.41) is 2.89. The largest absolute Gasteiger partial charge is 0.497 e. The number of nitrogens with zero attached hydrogens (tertiary/aromatic N) is 2. The van der Waals surface area contributed by atoms with Crippen molar-refractivity contribution < 1.29 is 19.1 Å². The Bertz CT molecular complexity index is 743. The number of carbonyl (C=O) groups is 2. The number of piperidine rings is 1. The van der Waals surface area contributed by atoms with E-state index in [1.165, 1.54) is 0 Å². The number of amides is 2. The van der Waals surface area contributed by atoms with Crippen LogP contribution in [-0.2, 0) is 9.53 Å².